The van der Waals surface area contributed by atoms with Crippen molar-refractivity contribution in [1.82, 2.24) is 0 Å². The molecule has 10 atom stereocenters. The molecule has 5 aliphatic carbocycles. The van der Waals surface area contributed by atoms with Gasteiger partial charge in [-0.2, -0.15) is 0 Å². The van der Waals surface area contributed by atoms with Gasteiger partial charge in [-0.25, -0.2) is 0 Å². The number of fused-ring (bicyclic) bond motifs is 7. The van der Waals surface area contributed by atoms with Crippen molar-refractivity contribution in [3.63, 3.8) is 0 Å². The second kappa shape index (κ2) is 9.61. The molecular weight excluding hydrogens is 490 g/mol. The first kappa shape index (κ1) is 29.2. The highest BCUT2D eigenvalue weighted by atomic mass is 16.9. The van der Waals surface area contributed by atoms with E-state index in [9.17, 15) is 14.9 Å². The summed E-state index contributed by atoms with van der Waals surface area (Å²) in [4.78, 5) is 27.9. The Morgan fingerprint density at radius 2 is 1.62 bits per heavy atom. The van der Waals surface area contributed by atoms with Crippen LogP contribution in [0.5, 0.6) is 0 Å². The van der Waals surface area contributed by atoms with Gasteiger partial charge in [-0.05, 0) is 128 Å². The zero-order chi connectivity index (χ0) is 28.6. The van der Waals surface area contributed by atoms with Gasteiger partial charge in [-0.1, -0.05) is 48.5 Å². The molecular formula is C33H55NO5. The second-order valence-electron chi connectivity index (χ2n) is 16.3. The number of rotatable bonds is 6. The Bertz CT molecular complexity index is 979. The molecule has 5 aliphatic rings. The third kappa shape index (κ3) is 4.18. The third-order valence-corrected chi connectivity index (χ3v) is 14.6. The summed E-state index contributed by atoms with van der Waals surface area (Å²) >= 11 is 0. The maximum atomic E-state index is 11.9. The lowest BCUT2D eigenvalue weighted by Gasteiger charge is -2.73. The average Bonchev–Trinajstić information content (AvgIpc) is 3.21. The summed E-state index contributed by atoms with van der Waals surface area (Å²) in [5.41, 5.74) is 1.03. The standard InChI is InChI=1S/C33H55NO5/c1-21(2)23-11-16-33(19-20-38-34(36)37)18-17-31(7)24(28(23)33)9-10-26-30(6)14-13-27(39-22(3)35)29(4,5)25(30)12-15-32(26,31)8/h21,23-28H,9-20H2,1-8H3/t23-,24-,25+,26+,27+,28+,30-,31+,32+,33+/m0/s1. The van der Waals surface area contributed by atoms with Crippen LogP contribution in [0.4, 0.5) is 0 Å². The van der Waals surface area contributed by atoms with Crippen molar-refractivity contribution in [3.8, 4) is 0 Å². The Morgan fingerprint density at radius 3 is 2.26 bits per heavy atom. The summed E-state index contributed by atoms with van der Waals surface area (Å²) < 4.78 is 5.92. The normalized spacial score (nSPS) is 48.3. The average molecular weight is 546 g/mol. The van der Waals surface area contributed by atoms with Gasteiger partial charge in [0.15, 0.2) is 0 Å². The first-order valence-corrected chi connectivity index (χ1v) is 16.1. The van der Waals surface area contributed by atoms with E-state index in [1.165, 1.54) is 51.4 Å². The zero-order valence-corrected chi connectivity index (χ0v) is 26.0. The van der Waals surface area contributed by atoms with Crippen LogP contribution < -0.4 is 0 Å². The molecule has 0 aliphatic heterocycles. The van der Waals surface area contributed by atoms with E-state index in [2.05, 4.69) is 48.5 Å². The molecule has 0 unspecified atom stereocenters. The van der Waals surface area contributed by atoms with Crippen LogP contribution in [-0.4, -0.2) is 23.8 Å². The van der Waals surface area contributed by atoms with E-state index in [-0.39, 0.29) is 40.3 Å². The molecule has 0 saturated heterocycles. The van der Waals surface area contributed by atoms with Crippen LogP contribution in [-0.2, 0) is 14.4 Å². The number of hydrogen-bond donors (Lipinski definition) is 0. The molecule has 5 saturated carbocycles. The Balaban J connectivity index is 1.47. The molecule has 6 nitrogen and oxygen atoms in total. The van der Waals surface area contributed by atoms with Crippen LogP contribution in [0.25, 0.3) is 0 Å². The minimum Gasteiger partial charge on any atom is -0.462 e. The zero-order valence-electron chi connectivity index (χ0n) is 26.0. The van der Waals surface area contributed by atoms with Gasteiger partial charge in [0.2, 0.25) is 0 Å². The molecule has 0 aromatic carbocycles. The van der Waals surface area contributed by atoms with Gasteiger partial charge in [0.05, 0.1) is 6.61 Å². The fourth-order valence-electron chi connectivity index (χ4n) is 12.7. The van der Waals surface area contributed by atoms with Gasteiger partial charge in [0, 0.05) is 12.3 Å². The smallest absolute Gasteiger partial charge is 0.302 e. The lowest BCUT2D eigenvalue weighted by molar-refractivity contribution is -0.758. The molecule has 0 aromatic heterocycles. The fraction of sp³-hybridized carbons (Fsp3) is 0.970. The van der Waals surface area contributed by atoms with Crippen LogP contribution in [0.15, 0.2) is 0 Å². The van der Waals surface area contributed by atoms with E-state index in [0.29, 0.717) is 40.9 Å². The van der Waals surface area contributed by atoms with E-state index in [1.807, 2.05) is 0 Å². The highest BCUT2D eigenvalue weighted by Gasteiger charge is 2.71. The third-order valence-electron chi connectivity index (χ3n) is 14.6. The summed E-state index contributed by atoms with van der Waals surface area (Å²) in [6.07, 6.45) is 12.9. The quantitative estimate of drug-likeness (QED) is 0.191. The summed E-state index contributed by atoms with van der Waals surface area (Å²) in [5.74, 6) is 3.79. The summed E-state index contributed by atoms with van der Waals surface area (Å²) in [5, 5.41) is 10.4. The lowest BCUT2D eigenvalue weighted by Crippen LogP contribution is -2.66. The Labute approximate surface area is 236 Å². The van der Waals surface area contributed by atoms with Gasteiger partial charge in [0.25, 0.3) is 5.09 Å². The number of carbonyl (C=O) groups is 1. The summed E-state index contributed by atoms with van der Waals surface area (Å²) in [7, 11) is 0. The molecule has 0 aromatic rings. The van der Waals surface area contributed by atoms with Crippen LogP contribution in [0.1, 0.15) is 126 Å². The van der Waals surface area contributed by atoms with E-state index < -0.39 is 5.09 Å². The maximum Gasteiger partial charge on any atom is 0.302 e. The molecule has 0 bridgehead atoms. The molecule has 222 valence electrons. The molecule has 0 amide bonds. The number of esters is 1. The predicted octanol–water partition coefficient (Wildman–Crippen LogP) is 8.25. The van der Waals surface area contributed by atoms with Crippen molar-refractivity contribution in [1.29, 1.82) is 0 Å². The van der Waals surface area contributed by atoms with Gasteiger partial charge < -0.3 is 9.57 Å². The van der Waals surface area contributed by atoms with Gasteiger partial charge >= 0.3 is 5.97 Å². The molecule has 0 N–H and O–H groups in total. The number of ether oxygens (including phenoxy) is 1. The summed E-state index contributed by atoms with van der Waals surface area (Å²) in [6, 6.07) is 0. The van der Waals surface area contributed by atoms with Crippen LogP contribution in [0, 0.1) is 72.7 Å². The summed E-state index contributed by atoms with van der Waals surface area (Å²) in [6.45, 7) is 19.3. The molecule has 39 heavy (non-hydrogen) atoms. The number of nitrogens with zero attached hydrogens (tertiary/aromatic N) is 1. The van der Waals surface area contributed by atoms with Crippen LogP contribution >= 0.6 is 0 Å². The van der Waals surface area contributed by atoms with E-state index in [4.69, 9.17) is 9.57 Å². The molecule has 5 fully saturated rings. The Kier molecular flexibility index (Phi) is 7.19. The topological polar surface area (TPSA) is 78.7 Å². The van der Waals surface area contributed by atoms with Crippen molar-refractivity contribution in [2.45, 2.75) is 132 Å². The highest BCUT2D eigenvalue weighted by molar-refractivity contribution is 5.66. The van der Waals surface area contributed by atoms with E-state index >= 15 is 0 Å². The molecule has 0 heterocycles. The molecule has 0 spiro atoms. The number of carbonyl (C=O) groups excluding carboxylic acids is 1. The SMILES string of the molecule is CC(=O)O[C@@H]1CC[C@@]2(C)[C@H](CC[C@]3(C)[C@@H]2CC[C@H]2[C@H]4[C@H](C(C)C)CC[C@]4(CCO[N+](=O)[O-])CC[C@]23C)C1(C)C. The lowest BCUT2D eigenvalue weighted by atomic mass is 9.32. The van der Waals surface area contributed by atoms with Gasteiger partial charge in [-0.3, -0.25) is 4.79 Å². The van der Waals surface area contributed by atoms with E-state index in [0.717, 1.165) is 19.3 Å². The van der Waals surface area contributed by atoms with Crippen molar-refractivity contribution >= 4 is 5.97 Å². The largest absolute Gasteiger partial charge is 0.462 e. The first-order valence-electron chi connectivity index (χ1n) is 16.1. The van der Waals surface area contributed by atoms with Gasteiger partial charge in [-0.15, -0.1) is 10.1 Å². The Morgan fingerprint density at radius 1 is 0.897 bits per heavy atom. The predicted molar refractivity (Wildman–Crippen MR) is 152 cm³/mol. The first-order chi connectivity index (χ1) is 18.1. The van der Waals surface area contributed by atoms with Crippen molar-refractivity contribution in [2.75, 3.05) is 6.61 Å². The van der Waals surface area contributed by atoms with Crippen LogP contribution in [0.3, 0.4) is 0 Å². The minimum absolute atomic E-state index is 0.00925. The Hall–Kier alpha value is -1.33. The van der Waals surface area contributed by atoms with Gasteiger partial charge in [0.1, 0.15) is 6.10 Å². The maximum absolute atomic E-state index is 11.9. The molecule has 0 radical (unpaired) electrons. The van der Waals surface area contributed by atoms with Crippen molar-refractivity contribution in [2.24, 2.45) is 62.6 Å². The second-order valence-corrected chi connectivity index (χ2v) is 16.3. The van der Waals surface area contributed by atoms with Crippen molar-refractivity contribution < 1.29 is 19.5 Å². The highest BCUT2D eigenvalue weighted by Crippen LogP contribution is 2.78. The molecule has 5 rings (SSSR count). The monoisotopic (exact) mass is 545 g/mol. The molecule has 6 heteroatoms. The van der Waals surface area contributed by atoms with Crippen molar-refractivity contribution in [3.05, 3.63) is 10.1 Å². The van der Waals surface area contributed by atoms with Crippen LogP contribution in [0.2, 0.25) is 0 Å². The number of hydrogen-bond acceptors (Lipinski definition) is 5. The van der Waals surface area contributed by atoms with E-state index in [1.54, 1.807) is 6.92 Å². The minimum atomic E-state index is -0.601. The fourth-order valence-corrected chi connectivity index (χ4v) is 12.7.